The van der Waals surface area contributed by atoms with Gasteiger partial charge in [-0.15, -0.1) is 10.2 Å². The summed E-state index contributed by atoms with van der Waals surface area (Å²) in [6.45, 7) is 3.13. The van der Waals surface area contributed by atoms with E-state index in [-0.39, 0.29) is 46.9 Å². The Morgan fingerprint density at radius 1 is 1.23 bits per heavy atom. The van der Waals surface area contributed by atoms with E-state index in [4.69, 9.17) is 21.1 Å². The highest BCUT2D eigenvalue weighted by atomic mass is 35.5. The van der Waals surface area contributed by atoms with Crippen molar-refractivity contribution in [2.24, 2.45) is 0 Å². The number of aromatic nitrogens is 8. The Hall–Kier alpha value is -4.24. The number of carbonyl (C=O) groups excluding carboxylic acids is 1. The topological polar surface area (TPSA) is 147 Å². The maximum atomic E-state index is 14.8. The van der Waals surface area contributed by atoms with Crippen molar-refractivity contribution < 1.29 is 23.8 Å². The van der Waals surface area contributed by atoms with Crippen LogP contribution in [0.1, 0.15) is 34.9 Å². The number of ether oxygens (including phenoxy) is 2. The monoisotopic (exact) mass is 609 g/mol. The number of aryl methyl sites for hydroxylation is 1. The van der Waals surface area contributed by atoms with Crippen LogP contribution in [0.3, 0.4) is 0 Å². The maximum Gasteiger partial charge on any atom is 0.259 e. The number of methoxy groups -OCH3 is 1. The minimum atomic E-state index is -0.739. The number of anilines is 1. The first-order valence-electron chi connectivity index (χ1n) is 13.7. The van der Waals surface area contributed by atoms with Gasteiger partial charge in [0.15, 0.2) is 0 Å². The van der Waals surface area contributed by atoms with Crippen LogP contribution in [0.2, 0.25) is 5.02 Å². The quantitative estimate of drug-likeness (QED) is 0.203. The number of fused-ring (bicyclic) bond motifs is 1. The minimum Gasteiger partial charge on any atom is -0.389 e. The molecule has 1 fully saturated rings. The van der Waals surface area contributed by atoms with Crippen LogP contribution >= 0.6 is 11.6 Å². The summed E-state index contributed by atoms with van der Waals surface area (Å²) in [7, 11) is 1.59. The first-order valence-corrected chi connectivity index (χ1v) is 14.1. The van der Waals surface area contributed by atoms with E-state index in [0.29, 0.717) is 18.7 Å². The van der Waals surface area contributed by atoms with E-state index in [0.717, 1.165) is 35.7 Å². The normalized spacial score (nSPS) is 14.0. The lowest BCUT2D eigenvalue weighted by Crippen LogP contribution is -2.23. The molecule has 5 aromatic rings. The first kappa shape index (κ1) is 28.9. The molecule has 43 heavy (non-hydrogen) atoms. The lowest BCUT2D eigenvalue weighted by Gasteiger charge is -2.11. The molecule has 4 heterocycles. The third-order valence-corrected chi connectivity index (χ3v) is 7.32. The second-order valence-corrected chi connectivity index (χ2v) is 10.7. The molecule has 0 unspecified atom stereocenters. The van der Waals surface area contributed by atoms with E-state index in [2.05, 4.69) is 30.9 Å². The number of halogens is 2. The fourth-order valence-corrected chi connectivity index (χ4v) is 4.84. The molecule has 224 valence electrons. The van der Waals surface area contributed by atoms with E-state index in [1.807, 2.05) is 25.3 Å². The summed E-state index contributed by atoms with van der Waals surface area (Å²) in [5, 5.41) is 34.2. The molecule has 1 aliphatic rings. The maximum absolute atomic E-state index is 14.8. The average Bonchev–Trinajstić information content (AvgIpc) is 3.38. The van der Waals surface area contributed by atoms with E-state index in [1.165, 1.54) is 17.1 Å². The number of amides is 1. The second kappa shape index (κ2) is 12.2. The van der Waals surface area contributed by atoms with Gasteiger partial charge in [0.1, 0.15) is 5.82 Å². The van der Waals surface area contributed by atoms with Crippen molar-refractivity contribution in [1.82, 2.24) is 39.6 Å². The Kier molecular flexibility index (Phi) is 8.17. The van der Waals surface area contributed by atoms with Crippen LogP contribution in [0.4, 0.5) is 10.1 Å². The van der Waals surface area contributed by atoms with Crippen molar-refractivity contribution in [2.45, 2.75) is 38.5 Å². The molecule has 1 aliphatic carbocycles. The highest BCUT2D eigenvalue weighted by Gasteiger charge is 2.27. The number of rotatable bonds is 12. The second-order valence-electron chi connectivity index (χ2n) is 10.3. The van der Waals surface area contributed by atoms with Crippen LogP contribution in [0.5, 0.6) is 0 Å². The summed E-state index contributed by atoms with van der Waals surface area (Å²) in [6, 6.07) is 6.40. The van der Waals surface area contributed by atoms with Gasteiger partial charge in [-0.05, 0) is 54.8 Å². The van der Waals surface area contributed by atoms with Crippen LogP contribution < -0.4 is 5.32 Å². The van der Waals surface area contributed by atoms with Gasteiger partial charge in [0.05, 0.1) is 77.8 Å². The fourth-order valence-electron chi connectivity index (χ4n) is 4.65. The average molecular weight is 610 g/mol. The summed E-state index contributed by atoms with van der Waals surface area (Å²) in [4.78, 5) is 14.9. The zero-order valence-corrected chi connectivity index (χ0v) is 24.2. The number of carbonyl (C=O) groups is 1. The molecule has 0 bridgehead atoms. The fraction of sp³-hybridized carbons (Fsp3) is 0.357. The molecule has 15 heteroatoms. The molecule has 0 spiro atoms. The van der Waals surface area contributed by atoms with E-state index >= 15 is 0 Å². The summed E-state index contributed by atoms with van der Waals surface area (Å²) in [5.41, 5.74) is 3.50. The van der Waals surface area contributed by atoms with Crippen molar-refractivity contribution >= 4 is 28.7 Å². The Morgan fingerprint density at radius 2 is 2.07 bits per heavy atom. The van der Waals surface area contributed by atoms with Crippen molar-refractivity contribution in [3.8, 4) is 22.5 Å². The Bertz CT molecular complexity index is 1780. The van der Waals surface area contributed by atoms with Crippen molar-refractivity contribution in [3.05, 3.63) is 65.0 Å². The van der Waals surface area contributed by atoms with E-state index < -0.39 is 17.8 Å². The van der Waals surface area contributed by atoms with Gasteiger partial charge in [-0.25, -0.2) is 8.91 Å². The number of pyridine rings is 1. The zero-order valence-electron chi connectivity index (χ0n) is 23.4. The van der Waals surface area contributed by atoms with Gasteiger partial charge >= 0.3 is 0 Å². The Balaban J connectivity index is 1.21. The summed E-state index contributed by atoms with van der Waals surface area (Å²) < 4.78 is 28.4. The number of nitrogens with zero attached hydrogens (tertiary/aromatic N) is 8. The molecule has 0 aliphatic heterocycles. The van der Waals surface area contributed by atoms with Gasteiger partial charge in [0.2, 0.25) is 5.82 Å². The van der Waals surface area contributed by atoms with Gasteiger partial charge in [-0.1, -0.05) is 11.6 Å². The predicted molar refractivity (Wildman–Crippen MR) is 154 cm³/mol. The molecule has 0 radical (unpaired) electrons. The molecule has 2 N–H and O–H groups in total. The number of hydrogen-bond donors (Lipinski definition) is 2. The Labute approximate surface area is 250 Å². The van der Waals surface area contributed by atoms with Crippen molar-refractivity contribution in [3.63, 3.8) is 0 Å². The van der Waals surface area contributed by atoms with Gasteiger partial charge < -0.3 is 19.9 Å². The summed E-state index contributed by atoms with van der Waals surface area (Å²) >= 11 is 6.30. The standard InChI is InChI=1S/C28H29ClFN9O4/c1-16-22(14-37(34-16)13-19(40)15-43-8-7-42-2)17-5-6-38-26(9-17)21(12-31-38)28(41)32-25-10-20(24(30)11-23(25)29)27-33-36-39(35-27)18-3-4-18/h5-6,9-12,14,18-19,40H,3-4,7-8,13,15H2,1-2H3,(H,32,41)/t19-/m1/s1. The largest absolute Gasteiger partial charge is 0.389 e. The third kappa shape index (κ3) is 6.27. The number of tetrazole rings is 1. The number of aliphatic hydroxyl groups excluding tert-OH is 1. The molecule has 6 rings (SSSR count). The van der Waals surface area contributed by atoms with Gasteiger partial charge in [0, 0.05) is 25.1 Å². The predicted octanol–water partition coefficient (Wildman–Crippen LogP) is 3.56. The Morgan fingerprint density at radius 3 is 2.86 bits per heavy atom. The number of aliphatic hydroxyl groups is 1. The molecule has 1 atom stereocenters. The molecule has 1 aromatic carbocycles. The SMILES string of the molecule is COCCOC[C@H](O)Cn1cc(-c2ccn3ncc(C(=O)Nc4cc(-c5nnn(C6CC6)n5)c(F)cc4Cl)c3c2)c(C)n1. The van der Waals surface area contributed by atoms with E-state index in [9.17, 15) is 14.3 Å². The van der Waals surface area contributed by atoms with Crippen LogP contribution in [0, 0.1) is 12.7 Å². The van der Waals surface area contributed by atoms with Crippen LogP contribution in [-0.4, -0.2) is 83.6 Å². The molecule has 0 saturated heterocycles. The molecular formula is C28H29ClFN9O4. The van der Waals surface area contributed by atoms with Crippen molar-refractivity contribution in [2.75, 3.05) is 32.2 Å². The third-order valence-electron chi connectivity index (χ3n) is 7.01. The lowest BCUT2D eigenvalue weighted by molar-refractivity contribution is 0.00595. The molecular weight excluding hydrogens is 581 g/mol. The molecule has 1 saturated carbocycles. The number of nitrogens with one attached hydrogen (secondary N) is 1. The highest BCUT2D eigenvalue weighted by molar-refractivity contribution is 6.34. The van der Waals surface area contributed by atoms with Gasteiger partial charge in [-0.2, -0.15) is 15.0 Å². The first-order chi connectivity index (χ1) is 20.8. The summed E-state index contributed by atoms with van der Waals surface area (Å²) in [6.07, 6.45) is 6.20. The smallest absolute Gasteiger partial charge is 0.259 e. The van der Waals surface area contributed by atoms with Crippen LogP contribution in [-0.2, 0) is 16.0 Å². The lowest BCUT2D eigenvalue weighted by atomic mass is 10.1. The molecule has 4 aromatic heterocycles. The van der Waals surface area contributed by atoms with Crippen molar-refractivity contribution in [1.29, 1.82) is 0 Å². The zero-order chi connectivity index (χ0) is 30.1. The van der Waals surface area contributed by atoms with Gasteiger partial charge in [0.25, 0.3) is 5.91 Å². The van der Waals surface area contributed by atoms with Crippen LogP contribution in [0.15, 0.2) is 42.9 Å². The summed E-state index contributed by atoms with van der Waals surface area (Å²) in [5.74, 6) is -0.995. The molecule has 13 nitrogen and oxygen atoms in total. The number of hydrogen-bond acceptors (Lipinski definition) is 9. The molecule has 1 amide bonds. The van der Waals surface area contributed by atoms with Crippen LogP contribution in [0.25, 0.3) is 28.0 Å². The van der Waals surface area contributed by atoms with Gasteiger partial charge in [-0.3, -0.25) is 9.48 Å². The minimum absolute atomic E-state index is 0.0238. The number of benzene rings is 1. The highest BCUT2D eigenvalue weighted by Crippen LogP contribution is 2.35. The van der Waals surface area contributed by atoms with E-state index in [1.54, 1.807) is 22.5 Å².